The molecule has 0 saturated carbocycles. The van der Waals surface area contributed by atoms with E-state index in [0.29, 0.717) is 6.61 Å². The maximum absolute atomic E-state index is 8.43. The Morgan fingerprint density at radius 1 is 1.67 bits per heavy atom. The SMILES string of the molecule is CCCOC[C@@H](N)CO. The van der Waals surface area contributed by atoms with Crippen molar-refractivity contribution in [2.45, 2.75) is 19.4 Å². The van der Waals surface area contributed by atoms with E-state index in [9.17, 15) is 0 Å². The van der Waals surface area contributed by atoms with Gasteiger partial charge in [-0.2, -0.15) is 0 Å². The molecule has 0 rings (SSSR count). The lowest BCUT2D eigenvalue weighted by molar-refractivity contribution is 0.102. The van der Waals surface area contributed by atoms with E-state index in [-0.39, 0.29) is 12.6 Å². The van der Waals surface area contributed by atoms with Gasteiger partial charge in [0.25, 0.3) is 0 Å². The minimum atomic E-state index is -0.212. The maximum Gasteiger partial charge on any atom is 0.0639 e. The van der Waals surface area contributed by atoms with Gasteiger partial charge >= 0.3 is 0 Å². The van der Waals surface area contributed by atoms with Crippen molar-refractivity contribution in [3.63, 3.8) is 0 Å². The van der Waals surface area contributed by atoms with Gasteiger partial charge in [0, 0.05) is 6.61 Å². The molecular formula is C6H15NO2. The second-order valence-corrected chi connectivity index (χ2v) is 2.02. The minimum absolute atomic E-state index is 0.00368. The molecule has 0 aliphatic carbocycles. The fraction of sp³-hybridized carbons (Fsp3) is 1.00. The Bertz CT molecular complexity index is 59.0. The number of nitrogens with two attached hydrogens (primary N) is 1. The Morgan fingerprint density at radius 3 is 2.78 bits per heavy atom. The zero-order valence-electron chi connectivity index (χ0n) is 5.84. The van der Waals surface area contributed by atoms with Crippen LogP contribution in [0.15, 0.2) is 0 Å². The minimum Gasteiger partial charge on any atom is -0.395 e. The second-order valence-electron chi connectivity index (χ2n) is 2.02. The van der Waals surface area contributed by atoms with Gasteiger partial charge in [0.2, 0.25) is 0 Å². The first kappa shape index (κ1) is 8.88. The van der Waals surface area contributed by atoms with Crippen LogP contribution in [0.25, 0.3) is 0 Å². The molecule has 0 radical (unpaired) electrons. The van der Waals surface area contributed by atoms with Crippen molar-refractivity contribution >= 4 is 0 Å². The molecule has 3 N–H and O–H groups in total. The van der Waals surface area contributed by atoms with E-state index in [2.05, 4.69) is 0 Å². The Kier molecular flexibility index (Phi) is 5.93. The molecule has 0 saturated heterocycles. The molecule has 0 aromatic rings. The smallest absolute Gasteiger partial charge is 0.0639 e. The highest BCUT2D eigenvalue weighted by molar-refractivity contribution is 4.54. The summed E-state index contributed by atoms with van der Waals surface area (Å²) in [5.41, 5.74) is 5.34. The standard InChI is InChI=1S/C6H15NO2/c1-2-3-9-5-6(7)4-8/h6,8H,2-5,7H2,1H3/t6-/m0/s1. The third kappa shape index (κ3) is 5.76. The van der Waals surface area contributed by atoms with Crippen LogP contribution in [0.4, 0.5) is 0 Å². The molecule has 0 unspecified atom stereocenters. The summed E-state index contributed by atoms with van der Waals surface area (Å²) in [4.78, 5) is 0. The van der Waals surface area contributed by atoms with Gasteiger partial charge in [-0.1, -0.05) is 6.92 Å². The first-order chi connectivity index (χ1) is 4.31. The van der Waals surface area contributed by atoms with Gasteiger partial charge in [-0.15, -0.1) is 0 Å². The average molecular weight is 133 g/mol. The first-order valence-corrected chi connectivity index (χ1v) is 3.25. The average Bonchev–Trinajstić information content (AvgIpc) is 1.89. The lowest BCUT2D eigenvalue weighted by Crippen LogP contribution is -2.30. The van der Waals surface area contributed by atoms with Crippen LogP contribution >= 0.6 is 0 Å². The largest absolute Gasteiger partial charge is 0.395 e. The van der Waals surface area contributed by atoms with Crippen LogP contribution in [0.5, 0.6) is 0 Å². The van der Waals surface area contributed by atoms with Gasteiger partial charge in [-0.05, 0) is 6.42 Å². The number of rotatable bonds is 5. The molecule has 9 heavy (non-hydrogen) atoms. The Hall–Kier alpha value is -0.120. The monoisotopic (exact) mass is 133 g/mol. The molecule has 0 bridgehead atoms. The molecule has 0 fully saturated rings. The quantitative estimate of drug-likeness (QED) is 0.508. The second kappa shape index (κ2) is 6.01. The van der Waals surface area contributed by atoms with Crippen LogP contribution in [0.3, 0.4) is 0 Å². The molecule has 0 spiro atoms. The predicted molar refractivity (Wildman–Crippen MR) is 36.2 cm³/mol. The summed E-state index contributed by atoms with van der Waals surface area (Å²) in [5, 5.41) is 8.43. The van der Waals surface area contributed by atoms with E-state index in [1.165, 1.54) is 0 Å². The third-order valence-corrected chi connectivity index (χ3v) is 0.915. The van der Waals surface area contributed by atoms with E-state index in [4.69, 9.17) is 15.6 Å². The van der Waals surface area contributed by atoms with Crippen molar-refractivity contribution in [3.8, 4) is 0 Å². The molecule has 3 nitrogen and oxygen atoms in total. The van der Waals surface area contributed by atoms with Gasteiger partial charge in [-0.25, -0.2) is 0 Å². The normalized spacial score (nSPS) is 13.7. The molecule has 0 amide bonds. The molecule has 0 aromatic carbocycles. The summed E-state index contributed by atoms with van der Waals surface area (Å²) in [5.74, 6) is 0. The summed E-state index contributed by atoms with van der Waals surface area (Å²) >= 11 is 0. The van der Waals surface area contributed by atoms with Crippen LogP contribution in [0, 0.1) is 0 Å². The Labute approximate surface area is 55.8 Å². The zero-order valence-corrected chi connectivity index (χ0v) is 5.84. The highest BCUT2D eigenvalue weighted by Gasteiger charge is 1.97. The summed E-state index contributed by atoms with van der Waals surface area (Å²) < 4.78 is 5.05. The van der Waals surface area contributed by atoms with Crippen LogP contribution < -0.4 is 5.73 Å². The first-order valence-electron chi connectivity index (χ1n) is 3.25. The number of aliphatic hydroxyl groups is 1. The van der Waals surface area contributed by atoms with E-state index in [1.54, 1.807) is 0 Å². The van der Waals surface area contributed by atoms with Crippen molar-refractivity contribution in [1.82, 2.24) is 0 Å². The van der Waals surface area contributed by atoms with E-state index >= 15 is 0 Å². The van der Waals surface area contributed by atoms with Gasteiger partial charge in [-0.3, -0.25) is 0 Å². The lowest BCUT2D eigenvalue weighted by Gasteiger charge is -2.06. The molecule has 0 aromatic heterocycles. The van der Waals surface area contributed by atoms with Crippen molar-refractivity contribution < 1.29 is 9.84 Å². The van der Waals surface area contributed by atoms with Gasteiger partial charge in [0.15, 0.2) is 0 Å². The van der Waals surface area contributed by atoms with Gasteiger partial charge in [0.1, 0.15) is 0 Å². The number of hydrogen-bond donors (Lipinski definition) is 2. The number of aliphatic hydroxyl groups excluding tert-OH is 1. The summed E-state index contributed by atoms with van der Waals surface area (Å²) in [6.07, 6.45) is 0.998. The summed E-state index contributed by atoms with van der Waals surface area (Å²) in [7, 11) is 0. The van der Waals surface area contributed by atoms with Gasteiger partial charge < -0.3 is 15.6 Å². The van der Waals surface area contributed by atoms with Crippen LogP contribution in [0.1, 0.15) is 13.3 Å². The highest BCUT2D eigenvalue weighted by Crippen LogP contribution is 1.82. The van der Waals surface area contributed by atoms with E-state index < -0.39 is 0 Å². The molecule has 3 heteroatoms. The third-order valence-electron chi connectivity index (χ3n) is 0.915. The summed E-state index contributed by atoms with van der Waals surface area (Å²) in [6, 6.07) is -0.212. The predicted octanol–water partition coefficient (Wildman–Crippen LogP) is -0.267. The topological polar surface area (TPSA) is 55.5 Å². The lowest BCUT2D eigenvalue weighted by atomic mass is 10.4. The highest BCUT2D eigenvalue weighted by atomic mass is 16.5. The summed E-state index contributed by atoms with van der Waals surface area (Å²) in [6.45, 7) is 3.23. The van der Waals surface area contributed by atoms with Crippen LogP contribution in [0.2, 0.25) is 0 Å². The van der Waals surface area contributed by atoms with Crippen molar-refractivity contribution in [3.05, 3.63) is 0 Å². The molecule has 1 atom stereocenters. The Balaban J connectivity index is 2.88. The van der Waals surface area contributed by atoms with Crippen molar-refractivity contribution in [2.24, 2.45) is 5.73 Å². The molecular weight excluding hydrogens is 118 g/mol. The van der Waals surface area contributed by atoms with Crippen LogP contribution in [-0.2, 0) is 4.74 Å². The maximum atomic E-state index is 8.43. The van der Waals surface area contributed by atoms with Crippen molar-refractivity contribution in [2.75, 3.05) is 19.8 Å². The molecule has 0 aliphatic rings. The molecule has 0 aliphatic heterocycles. The van der Waals surface area contributed by atoms with E-state index in [1.807, 2.05) is 6.92 Å². The fourth-order valence-electron chi connectivity index (χ4n) is 0.432. The van der Waals surface area contributed by atoms with Gasteiger partial charge in [0.05, 0.1) is 19.3 Å². The van der Waals surface area contributed by atoms with Crippen LogP contribution in [-0.4, -0.2) is 31.0 Å². The number of hydrogen-bond acceptors (Lipinski definition) is 3. The van der Waals surface area contributed by atoms with Crippen molar-refractivity contribution in [1.29, 1.82) is 0 Å². The number of ether oxygens (including phenoxy) is 1. The molecule has 56 valence electrons. The Morgan fingerprint density at radius 2 is 2.33 bits per heavy atom. The fourth-order valence-corrected chi connectivity index (χ4v) is 0.432. The molecule has 0 heterocycles. The zero-order chi connectivity index (χ0) is 7.11. The van der Waals surface area contributed by atoms with E-state index in [0.717, 1.165) is 13.0 Å².